The van der Waals surface area contributed by atoms with Gasteiger partial charge in [-0.1, -0.05) is 24.3 Å². The summed E-state index contributed by atoms with van der Waals surface area (Å²) >= 11 is 0. The van der Waals surface area contributed by atoms with Crippen LogP contribution in [0.3, 0.4) is 0 Å². The van der Waals surface area contributed by atoms with Crippen LogP contribution in [0.15, 0.2) is 48.5 Å². The number of carbonyl (C=O) groups is 2. The number of para-hydroxylation sites is 1. The zero-order chi connectivity index (χ0) is 19.9. The van der Waals surface area contributed by atoms with Crippen LogP contribution in [0, 0.1) is 0 Å². The quantitative estimate of drug-likeness (QED) is 0.694. The molecule has 144 valence electrons. The van der Waals surface area contributed by atoms with Crippen molar-refractivity contribution in [2.24, 2.45) is 0 Å². The van der Waals surface area contributed by atoms with E-state index < -0.39 is 29.4 Å². The maximum atomic E-state index is 12.9. The second-order valence-corrected chi connectivity index (χ2v) is 5.42. The summed E-state index contributed by atoms with van der Waals surface area (Å²) in [6.45, 7) is 2.38. The number of hydrogen-bond acceptors (Lipinski definition) is 3. The van der Waals surface area contributed by atoms with Crippen LogP contribution in [0.25, 0.3) is 0 Å². The molecule has 9 heteroatoms. The highest BCUT2D eigenvalue weighted by Crippen LogP contribution is 2.34. The summed E-state index contributed by atoms with van der Waals surface area (Å²) in [5, 5.41) is 2.06. The minimum absolute atomic E-state index is 0.0220. The van der Waals surface area contributed by atoms with E-state index in [4.69, 9.17) is 4.74 Å². The third-order valence-electron chi connectivity index (χ3n) is 3.40. The number of anilines is 1. The molecule has 0 aliphatic carbocycles. The highest BCUT2D eigenvalue weighted by atomic mass is 19.4. The second kappa shape index (κ2) is 8.93. The number of ether oxygens (including phenoxy) is 1. The van der Waals surface area contributed by atoms with Gasteiger partial charge in [0.2, 0.25) is 5.91 Å². The molecule has 2 rings (SSSR count). The van der Waals surface area contributed by atoms with Gasteiger partial charge in [0.05, 0.1) is 24.3 Å². The fourth-order valence-electron chi connectivity index (χ4n) is 2.22. The molecule has 0 radical (unpaired) electrons. The number of carbonyl (C=O) groups excluding carboxylic acids is 2. The molecule has 3 N–H and O–H groups in total. The van der Waals surface area contributed by atoms with E-state index in [2.05, 4.69) is 10.7 Å². The van der Waals surface area contributed by atoms with Crippen LogP contribution in [0.5, 0.6) is 5.75 Å². The van der Waals surface area contributed by atoms with E-state index >= 15 is 0 Å². The van der Waals surface area contributed by atoms with E-state index in [0.717, 1.165) is 12.1 Å². The van der Waals surface area contributed by atoms with Crippen molar-refractivity contribution in [3.8, 4) is 5.75 Å². The molecule has 0 heterocycles. The topological polar surface area (TPSA) is 79.5 Å². The van der Waals surface area contributed by atoms with Crippen molar-refractivity contribution in [1.29, 1.82) is 0 Å². The van der Waals surface area contributed by atoms with Crippen LogP contribution in [0.4, 0.5) is 23.7 Å². The molecule has 0 atom stereocenters. The van der Waals surface area contributed by atoms with Gasteiger partial charge in [-0.2, -0.15) is 13.2 Å². The van der Waals surface area contributed by atoms with Crippen molar-refractivity contribution in [1.82, 2.24) is 10.9 Å². The summed E-state index contributed by atoms with van der Waals surface area (Å²) in [4.78, 5) is 23.6. The lowest BCUT2D eigenvalue weighted by Gasteiger charge is -2.14. The fourth-order valence-corrected chi connectivity index (χ4v) is 2.22. The molecule has 2 aromatic carbocycles. The first-order chi connectivity index (χ1) is 12.8. The first-order valence-corrected chi connectivity index (χ1v) is 8.03. The molecule has 0 saturated heterocycles. The molecule has 0 aliphatic heterocycles. The minimum atomic E-state index is -4.61. The Bertz CT molecular complexity index is 792. The molecule has 3 amide bonds. The lowest BCUT2D eigenvalue weighted by atomic mass is 10.1. The van der Waals surface area contributed by atoms with E-state index in [0.29, 0.717) is 17.9 Å². The highest BCUT2D eigenvalue weighted by Gasteiger charge is 2.33. The summed E-state index contributed by atoms with van der Waals surface area (Å²) in [6, 6.07) is 10.4. The number of alkyl halides is 3. The summed E-state index contributed by atoms with van der Waals surface area (Å²) in [5.41, 5.74) is 3.44. The number of benzene rings is 2. The summed E-state index contributed by atoms with van der Waals surface area (Å²) < 4.78 is 43.9. The van der Waals surface area contributed by atoms with Gasteiger partial charge in [0.25, 0.3) is 0 Å². The number of amides is 3. The first kappa shape index (κ1) is 20.1. The van der Waals surface area contributed by atoms with E-state index in [-0.39, 0.29) is 6.42 Å². The molecular weight excluding hydrogens is 363 g/mol. The number of hydrogen-bond donors (Lipinski definition) is 3. The van der Waals surface area contributed by atoms with Crippen LogP contribution in [-0.4, -0.2) is 18.5 Å². The first-order valence-electron chi connectivity index (χ1n) is 8.03. The van der Waals surface area contributed by atoms with Gasteiger partial charge in [-0.3, -0.25) is 10.2 Å². The molecule has 0 aromatic heterocycles. The predicted octanol–water partition coefficient (Wildman–Crippen LogP) is 3.50. The van der Waals surface area contributed by atoms with Gasteiger partial charge in [-0.05, 0) is 36.8 Å². The Balaban J connectivity index is 1.86. The highest BCUT2D eigenvalue weighted by molar-refractivity contribution is 5.92. The van der Waals surface area contributed by atoms with Gasteiger partial charge in [-0.25, -0.2) is 10.2 Å². The zero-order valence-electron chi connectivity index (χ0n) is 14.4. The van der Waals surface area contributed by atoms with Crippen LogP contribution < -0.4 is 20.9 Å². The largest absolute Gasteiger partial charge is 0.494 e. The maximum absolute atomic E-state index is 12.9. The normalized spacial score (nSPS) is 10.8. The number of rotatable bonds is 5. The van der Waals surface area contributed by atoms with Crippen molar-refractivity contribution in [3.05, 3.63) is 59.7 Å². The van der Waals surface area contributed by atoms with E-state index in [1.807, 2.05) is 12.3 Å². The van der Waals surface area contributed by atoms with Gasteiger partial charge in [0.15, 0.2) is 0 Å². The average Bonchev–Trinajstić information content (AvgIpc) is 2.61. The molecule has 0 unspecified atom stereocenters. The number of halogens is 3. The summed E-state index contributed by atoms with van der Waals surface area (Å²) in [7, 11) is 0. The lowest BCUT2D eigenvalue weighted by molar-refractivity contribution is -0.137. The average molecular weight is 381 g/mol. The Labute approximate surface area is 153 Å². The number of urea groups is 1. The SMILES string of the molecule is CCOc1ccc(CC(=O)NNC(=O)Nc2ccccc2C(F)(F)F)cc1. The lowest BCUT2D eigenvalue weighted by Crippen LogP contribution is -2.44. The second-order valence-electron chi connectivity index (χ2n) is 5.42. The Hall–Kier alpha value is -3.23. The fraction of sp³-hybridized carbons (Fsp3) is 0.222. The standard InChI is InChI=1S/C18H18F3N3O3/c1-2-27-13-9-7-12(8-10-13)11-16(25)23-24-17(26)22-15-6-4-3-5-14(15)18(19,20)21/h3-10H,2,11H2,1H3,(H,23,25)(H2,22,24,26). The molecule has 0 fully saturated rings. The molecule has 0 bridgehead atoms. The molecule has 0 spiro atoms. The van der Waals surface area contributed by atoms with E-state index in [9.17, 15) is 22.8 Å². The Kier molecular flexibility index (Phi) is 6.64. The van der Waals surface area contributed by atoms with Gasteiger partial charge >= 0.3 is 12.2 Å². The van der Waals surface area contributed by atoms with Crippen molar-refractivity contribution in [2.75, 3.05) is 11.9 Å². The van der Waals surface area contributed by atoms with Gasteiger partial charge in [0, 0.05) is 0 Å². The minimum Gasteiger partial charge on any atom is -0.494 e. The number of nitrogens with one attached hydrogen (secondary N) is 3. The van der Waals surface area contributed by atoms with Crippen LogP contribution in [0.2, 0.25) is 0 Å². The third kappa shape index (κ3) is 6.21. The molecular formula is C18H18F3N3O3. The predicted molar refractivity (Wildman–Crippen MR) is 93.1 cm³/mol. The molecule has 6 nitrogen and oxygen atoms in total. The molecule has 0 saturated carbocycles. The van der Waals surface area contributed by atoms with Crippen molar-refractivity contribution >= 4 is 17.6 Å². The monoisotopic (exact) mass is 381 g/mol. The smallest absolute Gasteiger partial charge is 0.418 e. The van der Waals surface area contributed by atoms with Gasteiger partial charge < -0.3 is 10.1 Å². The number of hydrazine groups is 1. The van der Waals surface area contributed by atoms with E-state index in [1.54, 1.807) is 24.3 Å². The van der Waals surface area contributed by atoms with Crippen LogP contribution in [-0.2, 0) is 17.4 Å². The summed E-state index contributed by atoms with van der Waals surface area (Å²) in [5.74, 6) is 0.140. The van der Waals surface area contributed by atoms with Crippen molar-refractivity contribution < 1.29 is 27.5 Å². The summed E-state index contributed by atoms with van der Waals surface area (Å²) in [6.07, 6.45) is -4.63. The molecule has 0 aliphatic rings. The van der Waals surface area contributed by atoms with E-state index in [1.165, 1.54) is 12.1 Å². The van der Waals surface area contributed by atoms with Gasteiger partial charge in [-0.15, -0.1) is 0 Å². The third-order valence-corrected chi connectivity index (χ3v) is 3.40. The van der Waals surface area contributed by atoms with Crippen molar-refractivity contribution in [2.45, 2.75) is 19.5 Å². The molecule has 2 aromatic rings. The van der Waals surface area contributed by atoms with Crippen LogP contribution >= 0.6 is 0 Å². The maximum Gasteiger partial charge on any atom is 0.418 e. The van der Waals surface area contributed by atoms with Crippen molar-refractivity contribution in [3.63, 3.8) is 0 Å². The Morgan fingerprint density at radius 1 is 1.00 bits per heavy atom. The Morgan fingerprint density at radius 2 is 1.67 bits per heavy atom. The van der Waals surface area contributed by atoms with Gasteiger partial charge in [0.1, 0.15) is 5.75 Å². The van der Waals surface area contributed by atoms with Crippen LogP contribution in [0.1, 0.15) is 18.1 Å². The zero-order valence-corrected chi connectivity index (χ0v) is 14.4. The molecule has 27 heavy (non-hydrogen) atoms. The Morgan fingerprint density at radius 3 is 2.30 bits per heavy atom.